The number of nitrogens with one attached hydrogen (secondary N) is 1. The molecule has 0 saturated heterocycles. The molecular weight excluding hydrogens is 390 g/mol. The maximum Gasteiger partial charge on any atom is 0.257 e. The summed E-state index contributed by atoms with van der Waals surface area (Å²) in [4.78, 5) is 31.0. The zero-order valence-electron chi connectivity index (χ0n) is 16.3. The van der Waals surface area contributed by atoms with E-state index in [9.17, 15) is 9.59 Å². The summed E-state index contributed by atoms with van der Waals surface area (Å²) in [6.45, 7) is 0. The lowest BCUT2D eigenvalue weighted by molar-refractivity contribution is -0.117. The Bertz CT molecular complexity index is 982. The van der Waals surface area contributed by atoms with Crippen molar-refractivity contribution >= 4 is 34.0 Å². The Labute approximate surface area is 172 Å². The van der Waals surface area contributed by atoms with Crippen LogP contribution in [0.25, 0.3) is 0 Å². The number of ether oxygens (including phenoxy) is 2. The molecule has 3 rings (SSSR count). The van der Waals surface area contributed by atoms with Gasteiger partial charge in [-0.25, -0.2) is 4.98 Å². The van der Waals surface area contributed by atoms with Crippen molar-refractivity contribution in [1.29, 1.82) is 0 Å². The zero-order valence-corrected chi connectivity index (χ0v) is 17.2. The van der Waals surface area contributed by atoms with Gasteiger partial charge in [-0.2, -0.15) is 0 Å². The third kappa shape index (κ3) is 5.11. The van der Waals surface area contributed by atoms with Gasteiger partial charge in [0.25, 0.3) is 5.91 Å². The predicted molar refractivity (Wildman–Crippen MR) is 113 cm³/mol. The van der Waals surface area contributed by atoms with Crippen molar-refractivity contribution < 1.29 is 19.1 Å². The Morgan fingerprint density at radius 3 is 2.34 bits per heavy atom. The SMILES string of the molecule is COc1cc(OC)cc(C(=O)Nc2nc(CC(=O)N(C)c3ccccc3)cs2)c1. The predicted octanol–water partition coefficient (Wildman–Crippen LogP) is 3.62. The molecule has 2 aromatic carbocycles. The number of rotatable bonds is 7. The molecule has 3 aromatic rings. The second-order valence-electron chi connectivity index (χ2n) is 6.16. The number of likely N-dealkylation sites (N-methyl/N-ethyl adjacent to an activating group) is 1. The number of carbonyl (C=O) groups is 2. The first-order valence-electron chi connectivity index (χ1n) is 8.80. The van der Waals surface area contributed by atoms with Crippen molar-refractivity contribution in [2.45, 2.75) is 6.42 Å². The second kappa shape index (κ2) is 9.20. The van der Waals surface area contributed by atoms with Gasteiger partial charge < -0.3 is 14.4 Å². The van der Waals surface area contributed by atoms with Crippen LogP contribution in [0.2, 0.25) is 0 Å². The maximum atomic E-state index is 12.5. The molecule has 0 radical (unpaired) electrons. The highest BCUT2D eigenvalue weighted by atomic mass is 32.1. The molecule has 29 heavy (non-hydrogen) atoms. The van der Waals surface area contributed by atoms with E-state index in [-0.39, 0.29) is 18.2 Å². The fourth-order valence-electron chi connectivity index (χ4n) is 2.62. The maximum absolute atomic E-state index is 12.5. The fourth-order valence-corrected chi connectivity index (χ4v) is 3.33. The van der Waals surface area contributed by atoms with Crippen LogP contribution in [0.15, 0.2) is 53.9 Å². The number of benzene rings is 2. The van der Waals surface area contributed by atoms with Gasteiger partial charge in [-0.1, -0.05) is 18.2 Å². The van der Waals surface area contributed by atoms with Crippen LogP contribution in [-0.4, -0.2) is 38.1 Å². The molecule has 7 nitrogen and oxygen atoms in total. The molecule has 0 spiro atoms. The number of carbonyl (C=O) groups excluding carboxylic acids is 2. The van der Waals surface area contributed by atoms with Gasteiger partial charge in [0.05, 0.1) is 26.3 Å². The van der Waals surface area contributed by atoms with Crippen molar-refractivity contribution in [3.63, 3.8) is 0 Å². The topological polar surface area (TPSA) is 80.8 Å². The first-order chi connectivity index (χ1) is 14.0. The van der Waals surface area contributed by atoms with E-state index >= 15 is 0 Å². The van der Waals surface area contributed by atoms with Gasteiger partial charge in [-0.05, 0) is 24.3 Å². The monoisotopic (exact) mass is 411 g/mol. The smallest absolute Gasteiger partial charge is 0.257 e. The zero-order chi connectivity index (χ0) is 20.8. The molecule has 150 valence electrons. The average molecular weight is 411 g/mol. The summed E-state index contributed by atoms with van der Waals surface area (Å²) >= 11 is 1.27. The van der Waals surface area contributed by atoms with E-state index in [0.29, 0.717) is 27.9 Å². The number of amides is 2. The van der Waals surface area contributed by atoms with E-state index in [1.165, 1.54) is 25.6 Å². The highest BCUT2D eigenvalue weighted by molar-refractivity contribution is 7.14. The normalized spacial score (nSPS) is 10.3. The van der Waals surface area contributed by atoms with Gasteiger partial charge in [0.2, 0.25) is 5.91 Å². The molecule has 0 unspecified atom stereocenters. The van der Waals surface area contributed by atoms with E-state index in [4.69, 9.17) is 9.47 Å². The highest BCUT2D eigenvalue weighted by Gasteiger charge is 2.16. The van der Waals surface area contributed by atoms with Gasteiger partial charge in [0, 0.05) is 29.7 Å². The summed E-state index contributed by atoms with van der Waals surface area (Å²) in [5.41, 5.74) is 1.80. The quantitative estimate of drug-likeness (QED) is 0.642. The van der Waals surface area contributed by atoms with Crippen LogP contribution in [0.1, 0.15) is 16.1 Å². The van der Waals surface area contributed by atoms with Crippen LogP contribution in [0, 0.1) is 0 Å². The molecule has 1 N–H and O–H groups in total. The molecular formula is C21H21N3O4S. The summed E-state index contributed by atoms with van der Waals surface area (Å²) in [5, 5.41) is 4.93. The van der Waals surface area contributed by atoms with Crippen molar-refractivity contribution in [3.8, 4) is 11.5 Å². The van der Waals surface area contributed by atoms with Crippen molar-refractivity contribution in [3.05, 3.63) is 65.2 Å². The summed E-state index contributed by atoms with van der Waals surface area (Å²) in [7, 11) is 4.77. The van der Waals surface area contributed by atoms with Crippen LogP contribution in [-0.2, 0) is 11.2 Å². The molecule has 0 aliphatic carbocycles. The number of methoxy groups -OCH3 is 2. The molecule has 0 aliphatic rings. The van der Waals surface area contributed by atoms with Gasteiger partial charge in [0.15, 0.2) is 5.13 Å². The van der Waals surface area contributed by atoms with Crippen LogP contribution < -0.4 is 19.7 Å². The lowest BCUT2D eigenvalue weighted by atomic mass is 10.2. The number of aromatic nitrogens is 1. The van der Waals surface area contributed by atoms with Gasteiger partial charge >= 0.3 is 0 Å². The minimum atomic E-state index is -0.337. The number of anilines is 2. The van der Waals surface area contributed by atoms with Crippen LogP contribution in [0.3, 0.4) is 0 Å². The molecule has 0 fully saturated rings. The molecule has 1 heterocycles. The number of thiazole rings is 1. The second-order valence-corrected chi connectivity index (χ2v) is 7.02. The number of hydrogen-bond acceptors (Lipinski definition) is 6. The minimum Gasteiger partial charge on any atom is -0.497 e. The first kappa shape index (κ1) is 20.3. The molecule has 0 saturated carbocycles. The standard InChI is InChI=1S/C21H21N3O4S/c1-24(16-7-5-4-6-8-16)19(25)11-15-13-29-21(22-15)23-20(26)14-9-17(27-2)12-18(10-14)28-3/h4-10,12-13H,11H2,1-3H3,(H,22,23,26). The Kier molecular flexibility index (Phi) is 6.46. The lowest BCUT2D eigenvalue weighted by Crippen LogP contribution is -2.27. The summed E-state index contributed by atoms with van der Waals surface area (Å²) in [5.74, 6) is 0.612. The Morgan fingerprint density at radius 1 is 1.07 bits per heavy atom. The van der Waals surface area contributed by atoms with E-state index < -0.39 is 0 Å². The number of para-hydroxylation sites is 1. The Hall–Kier alpha value is -3.39. The number of nitrogens with zero attached hydrogens (tertiary/aromatic N) is 2. The van der Waals surface area contributed by atoms with E-state index in [1.54, 1.807) is 35.5 Å². The molecule has 2 amide bonds. The van der Waals surface area contributed by atoms with Crippen molar-refractivity contribution in [2.24, 2.45) is 0 Å². The van der Waals surface area contributed by atoms with Gasteiger partial charge in [-0.3, -0.25) is 14.9 Å². The largest absolute Gasteiger partial charge is 0.497 e. The third-order valence-electron chi connectivity index (χ3n) is 4.24. The number of hydrogen-bond donors (Lipinski definition) is 1. The van der Waals surface area contributed by atoms with Crippen LogP contribution in [0.4, 0.5) is 10.8 Å². The lowest BCUT2D eigenvalue weighted by Gasteiger charge is -2.16. The van der Waals surface area contributed by atoms with Crippen LogP contribution >= 0.6 is 11.3 Å². The van der Waals surface area contributed by atoms with Crippen LogP contribution in [0.5, 0.6) is 11.5 Å². The molecule has 8 heteroatoms. The Balaban J connectivity index is 1.66. The average Bonchev–Trinajstić information content (AvgIpc) is 3.19. The van der Waals surface area contributed by atoms with Gasteiger partial charge in [0.1, 0.15) is 11.5 Å². The third-order valence-corrected chi connectivity index (χ3v) is 5.04. The molecule has 1 aromatic heterocycles. The first-order valence-corrected chi connectivity index (χ1v) is 9.68. The molecule has 0 atom stereocenters. The Morgan fingerprint density at radius 2 is 1.72 bits per heavy atom. The molecule has 0 aliphatic heterocycles. The highest BCUT2D eigenvalue weighted by Crippen LogP contribution is 2.24. The van der Waals surface area contributed by atoms with E-state index in [0.717, 1.165) is 5.69 Å². The van der Waals surface area contributed by atoms with Crippen molar-refractivity contribution in [2.75, 3.05) is 31.5 Å². The summed E-state index contributed by atoms with van der Waals surface area (Å²) in [6.07, 6.45) is 0.144. The van der Waals surface area contributed by atoms with Crippen molar-refractivity contribution in [1.82, 2.24) is 4.98 Å². The minimum absolute atomic E-state index is 0.0862. The van der Waals surface area contributed by atoms with Gasteiger partial charge in [-0.15, -0.1) is 11.3 Å². The van der Waals surface area contributed by atoms with E-state index in [2.05, 4.69) is 10.3 Å². The summed E-state index contributed by atoms with van der Waals surface area (Å²) < 4.78 is 10.4. The molecule has 0 bridgehead atoms. The summed E-state index contributed by atoms with van der Waals surface area (Å²) in [6, 6.07) is 14.3. The fraction of sp³-hybridized carbons (Fsp3) is 0.190. The van der Waals surface area contributed by atoms with E-state index in [1.807, 2.05) is 30.3 Å².